The highest BCUT2D eigenvalue weighted by Crippen LogP contribution is 2.18. The maximum atomic E-state index is 12.2. The van der Waals surface area contributed by atoms with E-state index in [1.54, 1.807) is 0 Å². The summed E-state index contributed by atoms with van der Waals surface area (Å²) >= 11 is 3.39. The number of hydrogen-bond donors (Lipinski definition) is 1. The van der Waals surface area contributed by atoms with E-state index >= 15 is 0 Å². The molecule has 0 aliphatic carbocycles. The molecule has 1 amide bonds. The number of hydrogen-bond acceptors (Lipinski definition) is 3. The Hall–Kier alpha value is -2.34. The number of ether oxygens (including phenoxy) is 1. The first-order valence-electron chi connectivity index (χ1n) is 6.97. The first-order chi connectivity index (χ1) is 11.1. The molecule has 2 rings (SSSR count). The normalized spacial score (nSPS) is 10.1. The Morgan fingerprint density at radius 1 is 1.04 bits per heavy atom. The highest BCUT2D eigenvalue weighted by atomic mass is 79.9. The summed E-state index contributed by atoms with van der Waals surface area (Å²) in [7, 11) is 0. The zero-order chi connectivity index (χ0) is 16.7. The topological polar surface area (TPSA) is 66.8 Å². The number of amides is 1. The fourth-order valence-corrected chi connectivity index (χ4v) is 2.40. The zero-order valence-electron chi connectivity index (χ0n) is 12.3. The molecule has 5 nitrogen and oxygen atoms in total. The van der Waals surface area contributed by atoms with Crippen molar-refractivity contribution in [3.05, 3.63) is 70.2 Å². The molecule has 120 valence electrons. The summed E-state index contributed by atoms with van der Waals surface area (Å²) in [6, 6.07) is 16.6. The van der Waals surface area contributed by atoms with Gasteiger partial charge in [0, 0.05) is 4.47 Å². The van der Waals surface area contributed by atoms with Crippen molar-refractivity contribution < 1.29 is 19.4 Å². The molecule has 2 aromatic rings. The van der Waals surface area contributed by atoms with Crippen molar-refractivity contribution in [2.75, 3.05) is 6.54 Å². The van der Waals surface area contributed by atoms with Crippen LogP contribution in [0.25, 0.3) is 0 Å². The predicted molar refractivity (Wildman–Crippen MR) is 88.8 cm³/mol. The van der Waals surface area contributed by atoms with Crippen molar-refractivity contribution in [3.8, 4) is 0 Å². The fourth-order valence-electron chi connectivity index (χ4n) is 1.99. The van der Waals surface area contributed by atoms with Gasteiger partial charge in [0.25, 0.3) is 0 Å². The number of rotatable bonds is 6. The molecule has 0 radical (unpaired) electrons. The second kappa shape index (κ2) is 8.33. The van der Waals surface area contributed by atoms with Gasteiger partial charge in [-0.15, -0.1) is 0 Å². The van der Waals surface area contributed by atoms with Gasteiger partial charge in [-0.2, -0.15) is 0 Å². The maximum absolute atomic E-state index is 12.2. The molecule has 0 aliphatic rings. The molecule has 2 aromatic carbocycles. The highest BCUT2D eigenvalue weighted by molar-refractivity contribution is 9.10. The molecule has 0 atom stereocenters. The van der Waals surface area contributed by atoms with Crippen LogP contribution in [0.1, 0.15) is 11.1 Å². The van der Waals surface area contributed by atoms with E-state index in [1.807, 2.05) is 54.6 Å². The summed E-state index contributed by atoms with van der Waals surface area (Å²) in [5, 5.41) is 9.00. The number of halogens is 1. The first kappa shape index (κ1) is 17.0. The van der Waals surface area contributed by atoms with Gasteiger partial charge in [0.1, 0.15) is 13.2 Å². The monoisotopic (exact) mass is 377 g/mol. The number of carbonyl (C=O) groups excluding carboxylic acids is 1. The van der Waals surface area contributed by atoms with Gasteiger partial charge >= 0.3 is 12.1 Å². The van der Waals surface area contributed by atoms with Crippen LogP contribution in [0.15, 0.2) is 59.1 Å². The average molecular weight is 378 g/mol. The summed E-state index contributed by atoms with van der Waals surface area (Å²) in [6.45, 7) is -0.165. The molecule has 0 aliphatic heterocycles. The molecule has 0 unspecified atom stereocenters. The lowest BCUT2D eigenvalue weighted by molar-refractivity contribution is -0.138. The first-order valence-corrected chi connectivity index (χ1v) is 7.76. The van der Waals surface area contributed by atoms with Crippen molar-refractivity contribution in [2.45, 2.75) is 13.2 Å². The van der Waals surface area contributed by atoms with Crippen LogP contribution in [0.5, 0.6) is 0 Å². The van der Waals surface area contributed by atoms with Crippen molar-refractivity contribution >= 4 is 28.0 Å². The molecular formula is C17H16BrNO4. The Morgan fingerprint density at radius 2 is 1.70 bits per heavy atom. The Morgan fingerprint density at radius 3 is 2.35 bits per heavy atom. The molecule has 0 heterocycles. The van der Waals surface area contributed by atoms with Crippen LogP contribution in [0.2, 0.25) is 0 Å². The quantitative estimate of drug-likeness (QED) is 0.833. The Balaban J connectivity index is 2.03. The van der Waals surface area contributed by atoms with Gasteiger partial charge in [-0.25, -0.2) is 4.79 Å². The summed E-state index contributed by atoms with van der Waals surface area (Å²) < 4.78 is 6.02. The second-order valence-electron chi connectivity index (χ2n) is 4.88. The molecule has 1 N–H and O–H groups in total. The van der Waals surface area contributed by atoms with Crippen LogP contribution < -0.4 is 0 Å². The Labute approximate surface area is 142 Å². The molecule has 0 bridgehead atoms. The lowest BCUT2D eigenvalue weighted by Gasteiger charge is -2.21. The minimum absolute atomic E-state index is 0.103. The van der Waals surface area contributed by atoms with Gasteiger partial charge in [-0.05, 0) is 17.2 Å². The number of carboxylic acid groups (broad SMARTS) is 1. The third kappa shape index (κ3) is 5.41. The Kier molecular flexibility index (Phi) is 6.17. The predicted octanol–water partition coefficient (Wildman–Crippen LogP) is 3.67. The van der Waals surface area contributed by atoms with E-state index in [4.69, 9.17) is 9.84 Å². The lowest BCUT2D eigenvalue weighted by Crippen LogP contribution is -2.35. The van der Waals surface area contributed by atoms with Crippen molar-refractivity contribution in [2.24, 2.45) is 0 Å². The van der Waals surface area contributed by atoms with Gasteiger partial charge in [0.05, 0.1) is 6.54 Å². The van der Waals surface area contributed by atoms with Crippen LogP contribution in [0, 0.1) is 0 Å². The zero-order valence-corrected chi connectivity index (χ0v) is 13.9. The molecule has 6 heteroatoms. The van der Waals surface area contributed by atoms with Crippen LogP contribution in [-0.4, -0.2) is 28.6 Å². The van der Waals surface area contributed by atoms with Crippen molar-refractivity contribution in [1.29, 1.82) is 0 Å². The SMILES string of the molecule is O=C(O)CN(Cc1ccccc1Br)C(=O)OCc1ccccc1. The fraction of sp³-hybridized carbons (Fsp3) is 0.176. The summed E-state index contributed by atoms with van der Waals surface area (Å²) in [6.07, 6.45) is -0.660. The largest absolute Gasteiger partial charge is 0.480 e. The smallest absolute Gasteiger partial charge is 0.410 e. The van der Waals surface area contributed by atoms with E-state index < -0.39 is 18.6 Å². The van der Waals surface area contributed by atoms with Gasteiger partial charge in [-0.3, -0.25) is 9.69 Å². The number of carboxylic acids is 1. The van der Waals surface area contributed by atoms with Crippen LogP contribution in [0.4, 0.5) is 4.79 Å². The van der Waals surface area contributed by atoms with E-state index in [-0.39, 0.29) is 13.2 Å². The highest BCUT2D eigenvalue weighted by Gasteiger charge is 2.19. The molecule has 23 heavy (non-hydrogen) atoms. The van der Waals surface area contributed by atoms with E-state index in [1.165, 1.54) is 0 Å². The minimum atomic E-state index is -1.09. The van der Waals surface area contributed by atoms with E-state index in [0.29, 0.717) is 0 Å². The third-order valence-corrected chi connectivity index (χ3v) is 3.88. The van der Waals surface area contributed by atoms with Gasteiger partial charge < -0.3 is 9.84 Å². The van der Waals surface area contributed by atoms with E-state index in [0.717, 1.165) is 20.5 Å². The number of carbonyl (C=O) groups is 2. The molecule has 0 spiro atoms. The number of aliphatic carboxylic acids is 1. The molecule has 0 saturated carbocycles. The minimum Gasteiger partial charge on any atom is -0.480 e. The van der Waals surface area contributed by atoms with Crippen LogP contribution in [0.3, 0.4) is 0 Å². The molecular weight excluding hydrogens is 362 g/mol. The summed E-state index contributed by atoms with van der Waals surface area (Å²) in [4.78, 5) is 24.4. The summed E-state index contributed by atoms with van der Waals surface area (Å²) in [5.74, 6) is -1.09. The number of benzene rings is 2. The summed E-state index contributed by atoms with van der Waals surface area (Å²) in [5.41, 5.74) is 1.66. The van der Waals surface area contributed by atoms with Crippen molar-refractivity contribution in [3.63, 3.8) is 0 Å². The van der Waals surface area contributed by atoms with Crippen LogP contribution >= 0.6 is 15.9 Å². The van der Waals surface area contributed by atoms with Gasteiger partial charge in [-0.1, -0.05) is 64.5 Å². The third-order valence-electron chi connectivity index (χ3n) is 3.11. The molecule has 0 aromatic heterocycles. The molecule has 0 saturated heterocycles. The van der Waals surface area contributed by atoms with Crippen LogP contribution in [-0.2, 0) is 22.7 Å². The number of nitrogens with zero attached hydrogens (tertiary/aromatic N) is 1. The standard InChI is InChI=1S/C17H16BrNO4/c18-15-9-5-4-8-14(15)10-19(11-16(20)21)17(22)23-12-13-6-2-1-3-7-13/h1-9H,10-12H2,(H,20,21). The average Bonchev–Trinajstić information content (AvgIpc) is 2.54. The van der Waals surface area contributed by atoms with Gasteiger partial charge in [0.2, 0.25) is 0 Å². The van der Waals surface area contributed by atoms with Crippen molar-refractivity contribution in [1.82, 2.24) is 4.90 Å². The maximum Gasteiger partial charge on any atom is 0.410 e. The second-order valence-corrected chi connectivity index (χ2v) is 5.74. The lowest BCUT2D eigenvalue weighted by atomic mass is 10.2. The van der Waals surface area contributed by atoms with Gasteiger partial charge in [0.15, 0.2) is 0 Å². The van der Waals surface area contributed by atoms with E-state index in [2.05, 4.69) is 15.9 Å². The van der Waals surface area contributed by atoms with E-state index in [9.17, 15) is 9.59 Å². The Bertz CT molecular complexity index is 675. The molecule has 0 fully saturated rings.